The van der Waals surface area contributed by atoms with E-state index in [1.165, 1.54) is 12.0 Å². The number of methoxy groups -OCH3 is 1. The Labute approximate surface area is 232 Å². The number of nitrogens with one attached hydrogen (secondary N) is 1. The van der Waals surface area contributed by atoms with Crippen LogP contribution in [-0.2, 0) is 32.3 Å². The maximum Gasteiger partial charge on any atom is 0.416 e. The zero-order valence-electron chi connectivity index (χ0n) is 22.6. The number of carbonyl (C=O) groups excluding carboxylic acids is 2. The summed E-state index contributed by atoms with van der Waals surface area (Å²) in [6.07, 6.45) is -3.84. The van der Waals surface area contributed by atoms with Crippen molar-refractivity contribution in [3.63, 3.8) is 0 Å². The van der Waals surface area contributed by atoms with Gasteiger partial charge in [0, 0.05) is 12.1 Å². The predicted octanol–water partition coefficient (Wildman–Crippen LogP) is 4.86. The number of nitrogens with zero attached hydrogens (tertiary/aromatic N) is 2. The number of rotatable bonds is 10. The van der Waals surface area contributed by atoms with Crippen LogP contribution in [0.25, 0.3) is 0 Å². The van der Waals surface area contributed by atoms with Crippen molar-refractivity contribution in [2.24, 2.45) is 0 Å². The fraction of sp³-hybridized carbons (Fsp3) is 0.462. The minimum Gasteiger partial charge on any atom is -0.497 e. The van der Waals surface area contributed by atoms with E-state index < -0.39 is 57.4 Å². The quantitative estimate of drug-likeness (QED) is 0.426. The molecule has 0 bridgehead atoms. The van der Waals surface area contributed by atoms with Gasteiger partial charge in [-0.05, 0) is 63.1 Å². The molecule has 0 heterocycles. The van der Waals surface area contributed by atoms with Crippen molar-refractivity contribution in [2.75, 3.05) is 24.2 Å². The summed E-state index contributed by atoms with van der Waals surface area (Å²) in [7, 11) is -2.81. The molecular formula is C26H33ClF3N3O5S. The van der Waals surface area contributed by atoms with Crippen LogP contribution in [0.5, 0.6) is 5.75 Å². The van der Waals surface area contributed by atoms with Crippen molar-refractivity contribution in [3.05, 3.63) is 58.6 Å². The average Bonchev–Trinajstić information content (AvgIpc) is 2.80. The van der Waals surface area contributed by atoms with Gasteiger partial charge in [0.1, 0.15) is 18.3 Å². The lowest BCUT2D eigenvalue weighted by atomic mass is 10.1. The average molecular weight is 592 g/mol. The van der Waals surface area contributed by atoms with Crippen LogP contribution in [0, 0.1) is 0 Å². The summed E-state index contributed by atoms with van der Waals surface area (Å²) >= 11 is 6.11. The highest BCUT2D eigenvalue weighted by atomic mass is 35.5. The third-order valence-electron chi connectivity index (χ3n) is 5.59. The first-order valence-electron chi connectivity index (χ1n) is 12.0. The van der Waals surface area contributed by atoms with Crippen molar-refractivity contribution in [2.45, 2.75) is 58.4 Å². The molecule has 8 nitrogen and oxygen atoms in total. The summed E-state index contributed by atoms with van der Waals surface area (Å²) in [5, 5.41) is 2.53. The Morgan fingerprint density at radius 3 is 2.26 bits per heavy atom. The van der Waals surface area contributed by atoms with Crippen LogP contribution in [0.3, 0.4) is 0 Å². The minimum atomic E-state index is -4.77. The number of hydrogen-bond donors (Lipinski definition) is 1. The molecule has 0 radical (unpaired) electrons. The molecule has 0 unspecified atom stereocenters. The Hall–Kier alpha value is -2.99. The maximum absolute atomic E-state index is 13.7. The number of benzene rings is 2. The van der Waals surface area contributed by atoms with E-state index in [4.69, 9.17) is 16.3 Å². The molecule has 0 aliphatic rings. The van der Waals surface area contributed by atoms with Gasteiger partial charge in [0.2, 0.25) is 21.8 Å². The number of alkyl halides is 3. The Kier molecular flexibility index (Phi) is 10.3. The van der Waals surface area contributed by atoms with Gasteiger partial charge >= 0.3 is 6.18 Å². The van der Waals surface area contributed by atoms with Gasteiger partial charge in [0.25, 0.3) is 0 Å². The molecule has 2 aromatic rings. The summed E-state index contributed by atoms with van der Waals surface area (Å²) in [6, 6.07) is 7.95. The number of amides is 2. The van der Waals surface area contributed by atoms with Gasteiger partial charge in [-0.15, -0.1) is 0 Å². The standard InChI is InChI=1S/C26H33ClF3N3O5S/c1-7-21(24(35)31-25(2,3)4)32(15-17-9-8-10-19(13-17)38-5)23(34)16-33(39(6,36)37)22-14-18(26(28,29)30)11-12-20(22)27/h8-14,21H,7,15-16H2,1-6H3,(H,31,35)/t21-/m1/s1. The summed E-state index contributed by atoms with van der Waals surface area (Å²) in [5.74, 6) is -0.780. The number of sulfonamides is 1. The first-order valence-corrected chi connectivity index (χ1v) is 14.2. The van der Waals surface area contributed by atoms with Crippen molar-refractivity contribution in [3.8, 4) is 5.75 Å². The first kappa shape index (κ1) is 32.2. The van der Waals surface area contributed by atoms with E-state index in [-0.39, 0.29) is 18.0 Å². The normalized spacial score (nSPS) is 13.0. The van der Waals surface area contributed by atoms with Crippen LogP contribution in [0.1, 0.15) is 45.2 Å². The van der Waals surface area contributed by atoms with Gasteiger partial charge in [0.05, 0.1) is 29.6 Å². The first-order chi connectivity index (χ1) is 17.9. The second kappa shape index (κ2) is 12.5. The number of ether oxygens (including phenoxy) is 1. The number of hydrogen-bond acceptors (Lipinski definition) is 5. The van der Waals surface area contributed by atoms with Crippen molar-refractivity contribution in [1.82, 2.24) is 10.2 Å². The molecule has 0 spiro atoms. The molecule has 2 rings (SSSR count). The number of anilines is 1. The second-order valence-electron chi connectivity index (χ2n) is 9.97. The van der Waals surface area contributed by atoms with Crippen LogP contribution in [0.15, 0.2) is 42.5 Å². The van der Waals surface area contributed by atoms with Gasteiger partial charge in [-0.25, -0.2) is 8.42 Å². The molecule has 0 aliphatic heterocycles. The van der Waals surface area contributed by atoms with Crippen LogP contribution >= 0.6 is 11.6 Å². The smallest absolute Gasteiger partial charge is 0.416 e. The summed E-state index contributed by atoms with van der Waals surface area (Å²) in [5.41, 5.74) is -1.67. The highest BCUT2D eigenvalue weighted by Crippen LogP contribution is 2.36. The highest BCUT2D eigenvalue weighted by Gasteiger charge is 2.35. The number of halogens is 4. The third kappa shape index (κ3) is 9.03. The van der Waals surface area contributed by atoms with E-state index in [1.807, 2.05) is 0 Å². The largest absolute Gasteiger partial charge is 0.497 e. The summed E-state index contributed by atoms with van der Waals surface area (Å²) in [6.45, 7) is 6.02. The molecule has 2 aromatic carbocycles. The Morgan fingerprint density at radius 1 is 1.10 bits per heavy atom. The lowest BCUT2D eigenvalue weighted by Crippen LogP contribution is -2.55. The van der Waals surface area contributed by atoms with Gasteiger partial charge in [-0.1, -0.05) is 30.7 Å². The fourth-order valence-corrected chi connectivity index (χ4v) is 4.94. The van der Waals surface area contributed by atoms with Crippen LogP contribution in [-0.4, -0.2) is 56.6 Å². The lowest BCUT2D eigenvalue weighted by molar-refractivity contribution is -0.141. The van der Waals surface area contributed by atoms with Crippen LogP contribution in [0.2, 0.25) is 5.02 Å². The zero-order valence-corrected chi connectivity index (χ0v) is 24.2. The molecule has 13 heteroatoms. The van der Waals surface area contributed by atoms with Crippen molar-refractivity contribution >= 4 is 39.1 Å². The Morgan fingerprint density at radius 2 is 1.74 bits per heavy atom. The molecule has 0 fully saturated rings. The van der Waals surface area contributed by atoms with E-state index in [0.717, 1.165) is 12.3 Å². The minimum absolute atomic E-state index is 0.0972. The molecule has 1 N–H and O–H groups in total. The zero-order chi connectivity index (χ0) is 29.8. The molecule has 39 heavy (non-hydrogen) atoms. The summed E-state index contributed by atoms with van der Waals surface area (Å²) < 4.78 is 71.4. The fourth-order valence-electron chi connectivity index (χ4n) is 3.81. The predicted molar refractivity (Wildman–Crippen MR) is 144 cm³/mol. The van der Waals surface area contributed by atoms with E-state index in [1.54, 1.807) is 52.0 Å². The molecule has 0 aromatic heterocycles. The Bertz CT molecular complexity index is 1300. The van der Waals surface area contributed by atoms with Crippen molar-refractivity contribution in [1.29, 1.82) is 0 Å². The molecule has 1 atom stereocenters. The molecule has 2 amide bonds. The van der Waals surface area contributed by atoms with Gasteiger partial charge in [0.15, 0.2) is 0 Å². The molecular weight excluding hydrogens is 559 g/mol. The number of carbonyl (C=O) groups is 2. The van der Waals surface area contributed by atoms with Gasteiger partial charge in [-0.2, -0.15) is 13.2 Å². The monoisotopic (exact) mass is 591 g/mol. The SMILES string of the molecule is CC[C@H](C(=O)NC(C)(C)C)N(Cc1cccc(OC)c1)C(=O)CN(c1cc(C(F)(F)F)ccc1Cl)S(C)(=O)=O. The topological polar surface area (TPSA) is 96.0 Å². The van der Waals surface area contributed by atoms with E-state index in [2.05, 4.69) is 5.32 Å². The van der Waals surface area contributed by atoms with E-state index in [9.17, 15) is 31.2 Å². The van der Waals surface area contributed by atoms with E-state index in [0.29, 0.717) is 27.8 Å². The maximum atomic E-state index is 13.7. The second-order valence-corrected chi connectivity index (χ2v) is 12.3. The van der Waals surface area contributed by atoms with E-state index >= 15 is 0 Å². The van der Waals surface area contributed by atoms with Crippen LogP contribution in [0.4, 0.5) is 18.9 Å². The molecule has 0 aliphatic carbocycles. The van der Waals surface area contributed by atoms with Crippen molar-refractivity contribution < 1.29 is 35.9 Å². The van der Waals surface area contributed by atoms with Crippen LogP contribution < -0.4 is 14.4 Å². The molecule has 0 saturated heterocycles. The Balaban J connectivity index is 2.58. The van der Waals surface area contributed by atoms with Gasteiger partial charge in [-0.3, -0.25) is 13.9 Å². The third-order valence-corrected chi connectivity index (χ3v) is 7.04. The highest BCUT2D eigenvalue weighted by molar-refractivity contribution is 7.92. The van der Waals surface area contributed by atoms with Gasteiger partial charge < -0.3 is 15.0 Å². The summed E-state index contributed by atoms with van der Waals surface area (Å²) in [4.78, 5) is 28.1. The molecule has 0 saturated carbocycles. The lowest BCUT2D eigenvalue weighted by Gasteiger charge is -2.34. The molecule has 216 valence electrons.